The number of nitrogens with one attached hydrogen (secondary N) is 1. The Morgan fingerprint density at radius 1 is 1.17 bits per heavy atom. The minimum Gasteiger partial charge on any atom is -0.462 e. The first-order valence-electron chi connectivity index (χ1n) is 11.4. The van der Waals surface area contributed by atoms with Crippen LogP contribution in [0, 0.1) is 12.8 Å². The molecule has 35 heavy (non-hydrogen) atoms. The highest BCUT2D eigenvalue weighted by Gasteiger charge is 2.26. The van der Waals surface area contributed by atoms with Gasteiger partial charge in [-0.2, -0.15) is 4.98 Å². The third-order valence-electron chi connectivity index (χ3n) is 5.95. The number of anilines is 1. The number of aromatic nitrogens is 2. The first-order chi connectivity index (χ1) is 16.8. The predicted molar refractivity (Wildman–Crippen MR) is 134 cm³/mol. The van der Waals surface area contributed by atoms with E-state index in [0.717, 1.165) is 31.5 Å². The van der Waals surface area contributed by atoms with Gasteiger partial charge in [0.15, 0.2) is 0 Å². The zero-order valence-electron chi connectivity index (χ0n) is 19.5. The van der Waals surface area contributed by atoms with Crippen molar-refractivity contribution < 1.29 is 18.8 Å². The first-order valence-corrected chi connectivity index (χ1v) is 12.2. The molecule has 184 valence electrons. The summed E-state index contributed by atoms with van der Waals surface area (Å²) in [5, 5.41) is 8.04. The molecule has 10 heteroatoms. The number of likely N-dealkylation sites (tertiary alicyclic amines) is 1. The van der Waals surface area contributed by atoms with Crippen LogP contribution in [0.2, 0.25) is 10.0 Å². The number of hydrogen-bond donors (Lipinski definition) is 1. The maximum atomic E-state index is 12.8. The van der Waals surface area contributed by atoms with Gasteiger partial charge in [-0.05, 0) is 81.7 Å². The van der Waals surface area contributed by atoms with E-state index in [0.29, 0.717) is 51.7 Å². The molecule has 1 aliphatic rings. The number of nitrogens with zero attached hydrogens (tertiary/aromatic N) is 3. The lowest BCUT2D eigenvalue weighted by Gasteiger charge is -2.30. The fourth-order valence-electron chi connectivity index (χ4n) is 4.02. The van der Waals surface area contributed by atoms with Gasteiger partial charge in [-0.15, -0.1) is 0 Å². The van der Waals surface area contributed by atoms with Crippen LogP contribution < -0.4 is 5.32 Å². The molecule has 3 aromatic rings. The lowest BCUT2D eigenvalue weighted by atomic mass is 9.95. The van der Waals surface area contributed by atoms with Gasteiger partial charge in [0.1, 0.15) is 0 Å². The van der Waals surface area contributed by atoms with E-state index >= 15 is 0 Å². The molecule has 0 unspecified atom stereocenters. The third kappa shape index (κ3) is 6.20. The second-order valence-corrected chi connectivity index (χ2v) is 9.27. The van der Waals surface area contributed by atoms with E-state index in [4.69, 9.17) is 32.5 Å². The number of piperidine rings is 1. The topological polar surface area (TPSA) is 97.6 Å². The number of esters is 1. The van der Waals surface area contributed by atoms with Crippen LogP contribution in [0.15, 0.2) is 40.9 Å². The highest BCUT2D eigenvalue weighted by atomic mass is 35.5. The molecule has 0 bridgehead atoms. The summed E-state index contributed by atoms with van der Waals surface area (Å²) in [6.45, 7) is 5.91. The van der Waals surface area contributed by atoms with Crippen LogP contribution >= 0.6 is 23.2 Å². The minimum absolute atomic E-state index is 0.0194. The quantitative estimate of drug-likeness (QED) is 0.421. The van der Waals surface area contributed by atoms with Gasteiger partial charge in [0.2, 0.25) is 17.6 Å². The summed E-state index contributed by atoms with van der Waals surface area (Å²) in [4.78, 5) is 31.4. The number of ether oxygens (including phenoxy) is 1. The number of halogens is 2. The highest BCUT2D eigenvalue weighted by molar-refractivity contribution is 6.36. The molecule has 1 amide bonds. The van der Waals surface area contributed by atoms with Crippen molar-refractivity contribution in [3.63, 3.8) is 0 Å². The smallest absolute Gasteiger partial charge is 0.338 e. The maximum Gasteiger partial charge on any atom is 0.338 e. The van der Waals surface area contributed by atoms with E-state index in [9.17, 15) is 9.59 Å². The zero-order chi connectivity index (χ0) is 24.9. The van der Waals surface area contributed by atoms with Gasteiger partial charge in [-0.3, -0.25) is 9.69 Å². The molecule has 1 fully saturated rings. The largest absolute Gasteiger partial charge is 0.462 e. The van der Waals surface area contributed by atoms with Crippen molar-refractivity contribution in [2.24, 2.45) is 5.92 Å². The molecule has 2 heterocycles. The summed E-state index contributed by atoms with van der Waals surface area (Å²) in [7, 11) is 0. The monoisotopic (exact) mass is 516 g/mol. The molecular formula is C25H26Cl2N4O4. The summed E-state index contributed by atoms with van der Waals surface area (Å²) < 4.78 is 10.4. The SMILES string of the molecule is CCOC(=O)c1ccc(NC(=O)C2CCN(Cc3nc(-c4ccc(Cl)cc4Cl)no3)CC2)c(C)c1. The number of amides is 1. The van der Waals surface area contributed by atoms with E-state index < -0.39 is 0 Å². The van der Waals surface area contributed by atoms with Crippen LogP contribution in [0.5, 0.6) is 0 Å². The average Bonchev–Trinajstić information content (AvgIpc) is 3.29. The molecule has 1 aromatic heterocycles. The second kappa shape index (κ2) is 11.2. The Morgan fingerprint density at radius 3 is 2.63 bits per heavy atom. The Balaban J connectivity index is 1.29. The third-order valence-corrected chi connectivity index (χ3v) is 6.50. The Hall–Kier alpha value is -2.94. The normalized spacial score (nSPS) is 14.6. The molecule has 0 radical (unpaired) electrons. The Morgan fingerprint density at radius 2 is 1.94 bits per heavy atom. The van der Waals surface area contributed by atoms with Crippen molar-refractivity contribution >= 4 is 40.8 Å². The van der Waals surface area contributed by atoms with E-state index in [-0.39, 0.29) is 17.8 Å². The zero-order valence-corrected chi connectivity index (χ0v) is 21.0. The van der Waals surface area contributed by atoms with E-state index in [1.54, 1.807) is 43.3 Å². The number of carbonyl (C=O) groups excluding carboxylic acids is 2. The fraction of sp³-hybridized carbons (Fsp3) is 0.360. The first kappa shape index (κ1) is 25.2. The van der Waals surface area contributed by atoms with Crippen molar-refractivity contribution in [2.75, 3.05) is 25.0 Å². The predicted octanol–water partition coefficient (Wildman–Crippen LogP) is 5.38. The molecule has 0 spiro atoms. The maximum absolute atomic E-state index is 12.8. The van der Waals surface area contributed by atoms with E-state index in [1.807, 2.05) is 6.92 Å². The van der Waals surface area contributed by atoms with Crippen LogP contribution in [0.4, 0.5) is 5.69 Å². The van der Waals surface area contributed by atoms with Crippen LogP contribution in [0.1, 0.15) is 41.6 Å². The number of aryl methyl sites for hydroxylation is 1. The van der Waals surface area contributed by atoms with Crippen molar-refractivity contribution in [1.82, 2.24) is 15.0 Å². The molecule has 1 N–H and O–H groups in total. The molecular weight excluding hydrogens is 491 g/mol. The van der Waals surface area contributed by atoms with Crippen LogP contribution in [-0.4, -0.2) is 46.6 Å². The Kier molecular flexibility index (Phi) is 8.05. The highest BCUT2D eigenvalue weighted by Crippen LogP contribution is 2.29. The van der Waals surface area contributed by atoms with Gasteiger partial charge in [-0.1, -0.05) is 28.4 Å². The van der Waals surface area contributed by atoms with Crippen LogP contribution in [0.3, 0.4) is 0 Å². The summed E-state index contributed by atoms with van der Waals surface area (Å²) in [6.07, 6.45) is 1.44. The molecule has 0 atom stereocenters. The summed E-state index contributed by atoms with van der Waals surface area (Å²) >= 11 is 12.2. The average molecular weight is 517 g/mol. The van der Waals surface area contributed by atoms with Crippen molar-refractivity contribution in [1.29, 1.82) is 0 Å². The van der Waals surface area contributed by atoms with Crippen molar-refractivity contribution in [3.05, 3.63) is 63.5 Å². The van der Waals surface area contributed by atoms with Crippen LogP contribution in [0.25, 0.3) is 11.4 Å². The number of hydrogen-bond acceptors (Lipinski definition) is 7. The van der Waals surface area contributed by atoms with Crippen molar-refractivity contribution in [2.45, 2.75) is 33.2 Å². The minimum atomic E-state index is -0.370. The molecule has 2 aromatic carbocycles. The molecule has 0 saturated carbocycles. The van der Waals surface area contributed by atoms with E-state index in [1.165, 1.54) is 0 Å². The number of benzene rings is 2. The van der Waals surface area contributed by atoms with Gasteiger partial charge < -0.3 is 14.6 Å². The van der Waals surface area contributed by atoms with Crippen LogP contribution in [-0.2, 0) is 16.1 Å². The summed E-state index contributed by atoms with van der Waals surface area (Å²) in [5.74, 6) is 0.424. The number of rotatable bonds is 7. The lowest BCUT2D eigenvalue weighted by Crippen LogP contribution is -2.37. The molecule has 4 rings (SSSR count). The van der Waals surface area contributed by atoms with Gasteiger partial charge in [0, 0.05) is 22.2 Å². The molecule has 1 aliphatic heterocycles. The summed E-state index contributed by atoms with van der Waals surface area (Å²) in [6, 6.07) is 10.3. The van der Waals surface area contributed by atoms with Gasteiger partial charge in [-0.25, -0.2) is 4.79 Å². The van der Waals surface area contributed by atoms with Gasteiger partial charge >= 0.3 is 5.97 Å². The molecule has 1 saturated heterocycles. The molecule has 8 nitrogen and oxygen atoms in total. The van der Waals surface area contributed by atoms with Crippen molar-refractivity contribution in [3.8, 4) is 11.4 Å². The Labute approximate surface area is 213 Å². The van der Waals surface area contributed by atoms with E-state index in [2.05, 4.69) is 20.4 Å². The Bertz CT molecular complexity index is 1220. The molecule has 0 aliphatic carbocycles. The lowest BCUT2D eigenvalue weighted by molar-refractivity contribution is -0.121. The van der Waals surface area contributed by atoms with Gasteiger partial charge in [0.25, 0.3) is 0 Å². The van der Waals surface area contributed by atoms with Gasteiger partial charge in [0.05, 0.1) is 23.7 Å². The summed E-state index contributed by atoms with van der Waals surface area (Å²) in [5.41, 5.74) is 2.64. The standard InChI is InChI=1S/C25H26Cl2N4O4/c1-3-34-25(33)17-4-7-21(15(2)12-17)28-24(32)16-8-10-31(11-9-16)14-22-29-23(30-35-22)19-6-5-18(26)13-20(19)27/h4-7,12-13,16H,3,8-11,14H2,1-2H3,(H,28,32). The fourth-order valence-corrected chi connectivity index (χ4v) is 4.52. The second-order valence-electron chi connectivity index (χ2n) is 8.43. The number of carbonyl (C=O) groups is 2.